The highest BCUT2D eigenvalue weighted by Gasteiger charge is 2.14. The molecule has 9 heteroatoms. The number of aromatic nitrogens is 1. The Morgan fingerprint density at radius 3 is 2.58 bits per heavy atom. The van der Waals surface area contributed by atoms with E-state index in [0.29, 0.717) is 16.5 Å². The predicted octanol–water partition coefficient (Wildman–Crippen LogP) is 4.89. The van der Waals surface area contributed by atoms with Gasteiger partial charge in [0.25, 0.3) is 13.9 Å². The third kappa shape index (κ3) is 4.59. The first kappa shape index (κ1) is 18.8. The Balaban J connectivity index is 1.84. The SMILES string of the molecule is Cc1ccc(S(=O)(=O)Nc2cccc(-c3csc(NC(=O)I)n3)c2)cc1. The van der Waals surface area contributed by atoms with Gasteiger partial charge in [0.1, 0.15) is 0 Å². The molecule has 0 unspecified atom stereocenters. The fourth-order valence-electron chi connectivity index (χ4n) is 2.22. The van der Waals surface area contributed by atoms with Crippen LogP contribution in [0.1, 0.15) is 5.56 Å². The average molecular weight is 499 g/mol. The fourth-order valence-corrected chi connectivity index (χ4v) is 4.42. The Hall–Kier alpha value is -1.98. The molecule has 2 aromatic carbocycles. The molecule has 6 nitrogen and oxygen atoms in total. The van der Waals surface area contributed by atoms with Gasteiger partial charge in [0.05, 0.1) is 10.6 Å². The third-order valence-corrected chi connectivity index (χ3v) is 5.88. The van der Waals surface area contributed by atoms with Crippen LogP contribution in [0.4, 0.5) is 15.6 Å². The maximum atomic E-state index is 12.5. The van der Waals surface area contributed by atoms with Crippen LogP contribution >= 0.6 is 33.9 Å². The van der Waals surface area contributed by atoms with E-state index in [1.54, 1.807) is 70.4 Å². The lowest BCUT2D eigenvalue weighted by atomic mass is 10.1. The molecule has 0 saturated heterocycles. The summed E-state index contributed by atoms with van der Waals surface area (Å²) in [6.45, 7) is 1.90. The second-order valence-corrected chi connectivity index (χ2v) is 8.96. The van der Waals surface area contributed by atoms with Crippen LogP contribution in [0.5, 0.6) is 0 Å². The molecule has 0 bridgehead atoms. The zero-order valence-electron chi connectivity index (χ0n) is 13.6. The van der Waals surface area contributed by atoms with Crippen molar-refractivity contribution in [2.24, 2.45) is 0 Å². The molecule has 0 aliphatic rings. The monoisotopic (exact) mass is 499 g/mol. The summed E-state index contributed by atoms with van der Waals surface area (Å²) in [4.78, 5) is 15.6. The number of hydrogen-bond donors (Lipinski definition) is 2. The normalized spacial score (nSPS) is 11.2. The van der Waals surface area contributed by atoms with Crippen molar-refractivity contribution in [1.82, 2.24) is 4.98 Å². The first-order valence-electron chi connectivity index (χ1n) is 7.45. The lowest BCUT2D eigenvalue weighted by molar-refractivity contribution is 0.272. The minimum atomic E-state index is -3.67. The number of sulfonamides is 1. The van der Waals surface area contributed by atoms with E-state index in [9.17, 15) is 13.2 Å². The van der Waals surface area contributed by atoms with Crippen LogP contribution in [0.15, 0.2) is 58.8 Å². The number of aryl methyl sites for hydroxylation is 1. The van der Waals surface area contributed by atoms with Crippen LogP contribution < -0.4 is 10.0 Å². The molecule has 0 atom stereocenters. The van der Waals surface area contributed by atoms with Gasteiger partial charge in [-0.15, -0.1) is 11.3 Å². The van der Waals surface area contributed by atoms with Gasteiger partial charge in [-0.3, -0.25) is 14.8 Å². The maximum absolute atomic E-state index is 12.5. The minimum Gasteiger partial charge on any atom is -0.293 e. The van der Waals surface area contributed by atoms with Gasteiger partial charge in [-0.1, -0.05) is 29.8 Å². The summed E-state index contributed by atoms with van der Waals surface area (Å²) in [6, 6.07) is 13.6. The van der Waals surface area contributed by atoms with Gasteiger partial charge < -0.3 is 0 Å². The van der Waals surface area contributed by atoms with Gasteiger partial charge in [-0.2, -0.15) is 0 Å². The number of rotatable bonds is 5. The Morgan fingerprint density at radius 2 is 1.88 bits per heavy atom. The number of nitrogens with zero attached hydrogens (tertiary/aromatic N) is 1. The number of benzene rings is 2. The number of carbonyl (C=O) groups is 1. The second-order valence-electron chi connectivity index (χ2n) is 5.44. The number of halogens is 1. The van der Waals surface area contributed by atoms with Gasteiger partial charge in [0.2, 0.25) is 0 Å². The van der Waals surface area contributed by atoms with E-state index >= 15 is 0 Å². The van der Waals surface area contributed by atoms with Crippen LogP contribution in [0, 0.1) is 6.92 Å². The summed E-state index contributed by atoms with van der Waals surface area (Å²) >= 11 is 2.94. The van der Waals surface area contributed by atoms with Crippen molar-refractivity contribution >= 4 is 58.7 Å². The zero-order chi connectivity index (χ0) is 18.7. The van der Waals surface area contributed by atoms with Crippen LogP contribution in [-0.2, 0) is 10.0 Å². The van der Waals surface area contributed by atoms with E-state index < -0.39 is 10.0 Å². The van der Waals surface area contributed by atoms with Crippen LogP contribution in [0.25, 0.3) is 11.3 Å². The number of carbonyl (C=O) groups excluding carboxylic acids is 1. The molecule has 1 aromatic heterocycles. The third-order valence-electron chi connectivity index (χ3n) is 3.45. The summed E-state index contributed by atoms with van der Waals surface area (Å²) in [5, 5.41) is 4.91. The predicted molar refractivity (Wildman–Crippen MR) is 113 cm³/mol. The highest BCUT2D eigenvalue weighted by atomic mass is 127. The van der Waals surface area contributed by atoms with E-state index in [0.717, 1.165) is 11.1 Å². The molecule has 3 rings (SSSR count). The fraction of sp³-hybridized carbons (Fsp3) is 0.0588. The molecule has 1 heterocycles. The molecule has 0 saturated carbocycles. The van der Waals surface area contributed by atoms with Crippen molar-refractivity contribution in [3.05, 3.63) is 59.5 Å². The van der Waals surface area contributed by atoms with Gasteiger partial charge in [-0.25, -0.2) is 13.4 Å². The van der Waals surface area contributed by atoms with E-state index in [1.165, 1.54) is 11.3 Å². The van der Waals surface area contributed by atoms with Crippen molar-refractivity contribution in [3.8, 4) is 11.3 Å². The number of thiazole rings is 1. The van der Waals surface area contributed by atoms with E-state index in [4.69, 9.17) is 0 Å². The largest absolute Gasteiger partial charge is 0.293 e. The van der Waals surface area contributed by atoms with Gasteiger partial charge in [-0.05, 0) is 31.2 Å². The summed E-state index contributed by atoms with van der Waals surface area (Å²) in [5.74, 6) is 0. The molecule has 0 aliphatic heterocycles. The molecule has 1 amide bonds. The summed E-state index contributed by atoms with van der Waals surface area (Å²) in [6.07, 6.45) is 0. The molecular weight excluding hydrogens is 485 g/mol. The number of hydrogen-bond acceptors (Lipinski definition) is 5. The molecule has 0 fully saturated rings. The van der Waals surface area contributed by atoms with Crippen molar-refractivity contribution in [2.45, 2.75) is 11.8 Å². The Kier molecular flexibility index (Phi) is 5.58. The molecular formula is C17H14IN3O3S2. The molecule has 2 N–H and O–H groups in total. The maximum Gasteiger partial charge on any atom is 0.286 e. The van der Waals surface area contributed by atoms with Gasteiger partial charge >= 0.3 is 0 Å². The molecule has 0 spiro atoms. The zero-order valence-corrected chi connectivity index (χ0v) is 17.4. The minimum absolute atomic E-state index is 0.203. The molecule has 0 aliphatic carbocycles. The van der Waals surface area contributed by atoms with Gasteiger partial charge in [0, 0.05) is 39.2 Å². The summed E-state index contributed by atoms with van der Waals surface area (Å²) in [7, 11) is -3.67. The van der Waals surface area contributed by atoms with Gasteiger partial charge in [0.15, 0.2) is 5.13 Å². The number of amides is 1. The first-order chi connectivity index (χ1) is 12.3. The summed E-state index contributed by atoms with van der Waals surface area (Å²) in [5.41, 5.74) is 2.84. The number of anilines is 2. The second kappa shape index (κ2) is 7.72. The van der Waals surface area contributed by atoms with E-state index in [2.05, 4.69) is 15.0 Å². The number of nitrogens with one attached hydrogen (secondary N) is 2. The van der Waals surface area contributed by atoms with Crippen LogP contribution in [0.3, 0.4) is 0 Å². The van der Waals surface area contributed by atoms with Crippen molar-refractivity contribution in [3.63, 3.8) is 0 Å². The molecule has 134 valence electrons. The Labute approximate surface area is 168 Å². The van der Waals surface area contributed by atoms with E-state index in [-0.39, 0.29) is 8.81 Å². The first-order valence-corrected chi connectivity index (χ1v) is 10.9. The highest BCUT2D eigenvalue weighted by Crippen LogP contribution is 2.28. The standard InChI is InChI=1S/C17H14IN3O3S2/c1-11-5-7-14(8-6-11)26(23,24)21-13-4-2-3-12(9-13)15-10-25-17(19-15)20-16(18)22/h2-10,21H,1H3,(H,19,20,22). The average Bonchev–Trinajstić information content (AvgIpc) is 3.03. The van der Waals surface area contributed by atoms with Crippen LogP contribution in [-0.4, -0.2) is 17.3 Å². The lowest BCUT2D eigenvalue weighted by Gasteiger charge is -2.09. The topological polar surface area (TPSA) is 88.2 Å². The Bertz CT molecular complexity index is 1050. The quantitative estimate of drug-likeness (QED) is 0.298. The van der Waals surface area contributed by atoms with Crippen molar-refractivity contribution in [1.29, 1.82) is 0 Å². The summed E-state index contributed by atoms with van der Waals surface area (Å²) < 4.78 is 27.4. The molecule has 0 radical (unpaired) electrons. The molecule has 3 aromatic rings. The van der Waals surface area contributed by atoms with Crippen molar-refractivity contribution in [2.75, 3.05) is 10.0 Å². The smallest absolute Gasteiger partial charge is 0.286 e. The Morgan fingerprint density at radius 1 is 1.15 bits per heavy atom. The van der Waals surface area contributed by atoms with Crippen LogP contribution in [0.2, 0.25) is 0 Å². The molecule has 26 heavy (non-hydrogen) atoms. The highest BCUT2D eigenvalue weighted by molar-refractivity contribution is 14.1. The van der Waals surface area contributed by atoms with E-state index in [1.807, 2.05) is 13.0 Å². The van der Waals surface area contributed by atoms with Crippen molar-refractivity contribution < 1.29 is 13.2 Å². The lowest BCUT2D eigenvalue weighted by Crippen LogP contribution is -2.12.